The third-order valence-corrected chi connectivity index (χ3v) is 4.45. The summed E-state index contributed by atoms with van der Waals surface area (Å²) in [6.07, 6.45) is 3.01. The Morgan fingerprint density at radius 3 is 2.68 bits per heavy atom. The van der Waals surface area contributed by atoms with E-state index in [9.17, 15) is 4.79 Å². The van der Waals surface area contributed by atoms with Gasteiger partial charge in [0.2, 0.25) is 0 Å². The maximum atomic E-state index is 12.5. The molecule has 4 N–H and O–H groups in total. The zero-order valence-electron chi connectivity index (χ0n) is 16.4. The zero-order valence-corrected chi connectivity index (χ0v) is 16.4. The summed E-state index contributed by atoms with van der Waals surface area (Å²) in [7, 11) is 0. The van der Waals surface area contributed by atoms with Gasteiger partial charge in [-0.25, -0.2) is 9.48 Å². The summed E-state index contributed by atoms with van der Waals surface area (Å²) in [4.78, 5) is 12.5. The van der Waals surface area contributed by atoms with Crippen molar-refractivity contribution in [2.45, 2.75) is 39.7 Å². The number of unbranched alkanes of at least 4 members (excludes halogenated alkanes) is 1. The van der Waals surface area contributed by atoms with Crippen molar-refractivity contribution in [1.29, 1.82) is 0 Å². The molecule has 0 saturated heterocycles. The lowest BCUT2D eigenvalue weighted by Crippen LogP contribution is -2.21. The van der Waals surface area contributed by atoms with Gasteiger partial charge in [-0.05, 0) is 55.2 Å². The van der Waals surface area contributed by atoms with E-state index in [4.69, 9.17) is 10.8 Å². The van der Waals surface area contributed by atoms with Crippen LogP contribution in [0.2, 0.25) is 0 Å². The molecule has 0 saturated carbocycles. The summed E-state index contributed by atoms with van der Waals surface area (Å²) in [5.74, 6) is 0.630. The average molecular weight is 377 g/mol. The molecule has 0 bridgehead atoms. The van der Waals surface area contributed by atoms with Crippen molar-refractivity contribution in [2.75, 3.05) is 10.6 Å². The van der Waals surface area contributed by atoms with Gasteiger partial charge in [0.25, 0.3) is 0 Å². The number of hydrogen-bond donors (Lipinski definition) is 3. The van der Waals surface area contributed by atoms with Crippen molar-refractivity contribution in [3.05, 3.63) is 71.4 Å². The number of nitrogens with one attached hydrogen (secondary N) is 2. The molecule has 0 unspecified atom stereocenters. The second-order valence-electron chi connectivity index (χ2n) is 6.86. The number of carbonyl (C=O) groups is 1. The van der Waals surface area contributed by atoms with E-state index in [1.54, 1.807) is 4.68 Å². The number of rotatable bonds is 7. The van der Waals surface area contributed by atoms with Crippen LogP contribution in [-0.2, 0) is 13.0 Å². The lowest BCUT2D eigenvalue weighted by molar-refractivity contribution is 0.262. The zero-order chi connectivity index (χ0) is 19.9. The highest BCUT2D eigenvalue weighted by atomic mass is 16.2. The Morgan fingerprint density at radius 1 is 1.11 bits per heavy atom. The van der Waals surface area contributed by atoms with Gasteiger partial charge in [0.15, 0.2) is 0 Å². The maximum absolute atomic E-state index is 12.5. The Labute approximate surface area is 165 Å². The van der Waals surface area contributed by atoms with Crippen LogP contribution in [0.15, 0.2) is 54.6 Å². The van der Waals surface area contributed by atoms with Crippen LogP contribution < -0.4 is 16.4 Å². The molecule has 3 rings (SSSR count). The molecule has 6 heteroatoms. The molecule has 146 valence electrons. The molecule has 3 aromatic rings. The van der Waals surface area contributed by atoms with Crippen molar-refractivity contribution in [3.8, 4) is 5.69 Å². The van der Waals surface area contributed by atoms with Gasteiger partial charge in [-0.1, -0.05) is 37.6 Å². The third-order valence-electron chi connectivity index (χ3n) is 4.45. The molecule has 1 heterocycles. The summed E-state index contributed by atoms with van der Waals surface area (Å²) >= 11 is 0. The second-order valence-corrected chi connectivity index (χ2v) is 6.86. The van der Waals surface area contributed by atoms with Crippen molar-refractivity contribution >= 4 is 17.5 Å². The van der Waals surface area contributed by atoms with Crippen LogP contribution in [0.4, 0.5) is 16.3 Å². The average Bonchev–Trinajstić information content (AvgIpc) is 3.08. The van der Waals surface area contributed by atoms with E-state index < -0.39 is 0 Å². The van der Waals surface area contributed by atoms with Crippen LogP contribution in [-0.4, -0.2) is 15.8 Å². The lowest BCUT2D eigenvalue weighted by atomic mass is 10.2. The molecule has 0 atom stereocenters. The fraction of sp³-hybridized carbons (Fsp3) is 0.273. The van der Waals surface area contributed by atoms with Gasteiger partial charge in [0.1, 0.15) is 5.82 Å². The van der Waals surface area contributed by atoms with Crippen LogP contribution in [0.5, 0.6) is 0 Å². The van der Waals surface area contributed by atoms with E-state index in [0.717, 1.165) is 47.5 Å². The summed E-state index contributed by atoms with van der Waals surface area (Å²) in [6.45, 7) is 4.59. The van der Waals surface area contributed by atoms with Gasteiger partial charge < -0.3 is 11.1 Å². The lowest BCUT2D eigenvalue weighted by Gasteiger charge is -2.11. The molecule has 28 heavy (non-hydrogen) atoms. The second kappa shape index (κ2) is 9.19. The van der Waals surface area contributed by atoms with E-state index in [1.807, 2.05) is 61.5 Å². The van der Waals surface area contributed by atoms with Crippen LogP contribution in [0.25, 0.3) is 5.69 Å². The number of benzene rings is 2. The topological polar surface area (TPSA) is 85.0 Å². The number of hydrogen-bond acceptors (Lipinski definition) is 3. The molecule has 0 aliphatic heterocycles. The van der Waals surface area contributed by atoms with E-state index in [-0.39, 0.29) is 6.03 Å². The van der Waals surface area contributed by atoms with E-state index in [0.29, 0.717) is 12.4 Å². The number of anilines is 2. The van der Waals surface area contributed by atoms with Gasteiger partial charge in [0.05, 0.1) is 11.4 Å². The Bertz CT molecular complexity index is 948. The monoisotopic (exact) mass is 377 g/mol. The predicted molar refractivity (Wildman–Crippen MR) is 114 cm³/mol. The van der Waals surface area contributed by atoms with Crippen molar-refractivity contribution in [3.63, 3.8) is 0 Å². The first-order chi connectivity index (χ1) is 13.6. The Morgan fingerprint density at radius 2 is 1.93 bits per heavy atom. The Balaban J connectivity index is 1.85. The molecule has 0 spiro atoms. The minimum Gasteiger partial charge on any atom is -0.326 e. The first-order valence-electron chi connectivity index (χ1n) is 9.62. The van der Waals surface area contributed by atoms with Gasteiger partial charge in [-0.15, -0.1) is 0 Å². The van der Waals surface area contributed by atoms with Gasteiger partial charge in [0, 0.05) is 18.3 Å². The number of aromatic nitrogens is 2. The molecule has 0 fully saturated rings. The smallest absolute Gasteiger partial charge is 0.324 e. The molecule has 2 aromatic carbocycles. The van der Waals surface area contributed by atoms with E-state index >= 15 is 0 Å². The highest BCUT2D eigenvalue weighted by molar-refractivity contribution is 5.99. The third kappa shape index (κ3) is 4.98. The van der Waals surface area contributed by atoms with Crippen molar-refractivity contribution < 1.29 is 4.79 Å². The molecule has 0 aliphatic carbocycles. The molecule has 2 amide bonds. The number of nitrogens with zero attached hydrogens (tertiary/aromatic N) is 2. The van der Waals surface area contributed by atoms with Crippen molar-refractivity contribution in [1.82, 2.24) is 9.78 Å². The maximum Gasteiger partial charge on any atom is 0.324 e. The number of nitrogens with two attached hydrogens (primary N) is 1. The molecule has 1 aromatic heterocycles. The number of carbonyl (C=O) groups excluding carboxylic acids is 1. The number of aryl methyl sites for hydroxylation is 2. The predicted octanol–water partition coefficient (Wildman–Crippen LogP) is 4.63. The highest BCUT2D eigenvalue weighted by Crippen LogP contribution is 2.20. The quantitative estimate of drug-likeness (QED) is 0.561. The molecular weight excluding hydrogens is 350 g/mol. The Hall–Kier alpha value is -3.12. The van der Waals surface area contributed by atoms with Crippen LogP contribution >= 0.6 is 0 Å². The fourth-order valence-electron chi connectivity index (χ4n) is 3.01. The largest absolute Gasteiger partial charge is 0.326 e. The van der Waals surface area contributed by atoms with Crippen LogP contribution in [0.1, 0.15) is 36.6 Å². The van der Waals surface area contributed by atoms with Gasteiger partial charge in [-0.3, -0.25) is 5.32 Å². The number of amides is 2. The summed E-state index contributed by atoms with van der Waals surface area (Å²) in [6, 6.07) is 17.2. The normalized spacial score (nSPS) is 10.7. The van der Waals surface area contributed by atoms with Gasteiger partial charge in [-0.2, -0.15) is 5.10 Å². The molecule has 6 nitrogen and oxygen atoms in total. The first-order valence-corrected chi connectivity index (χ1v) is 9.62. The first kappa shape index (κ1) is 19.6. The van der Waals surface area contributed by atoms with Gasteiger partial charge >= 0.3 is 6.03 Å². The minimum absolute atomic E-state index is 0.302. The summed E-state index contributed by atoms with van der Waals surface area (Å²) in [5.41, 5.74) is 10.4. The molecule has 0 radical (unpaired) electrons. The Kier molecular flexibility index (Phi) is 6.45. The fourth-order valence-corrected chi connectivity index (χ4v) is 3.01. The van der Waals surface area contributed by atoms with Crippen LogP contribution in [0.3, 0.4) is 0 Å². The SMILES string of the molecule is CCCCc1cc(NC(=O)Nc2cccc(C)c2)n(-c2cccc(CN)c2)n1. The number of urea groups is 1. The van der Waals surface area contributed by atoms with Crippen LogP contribution in [0, 0.1) is 6.92 Å². The van der Waals surface area contributed by atoms with E-state index in [2.05, 4.69) is 17.6 Å². The van der Waals surface area contributed by atoms with E-state index in [1.165, 1.54) is 0 Å². The summed E-state index contributed by atoms with van der Waals surface area (Å²) < 4.78 is 1.76. The molecular formula is C22H27N5O. The minimum atomic E-state index is -0.302. The van der Waals surface area contributed by atoms with Crippen molar-refractivity contribution in [2.24, 2.45) is 5.73 Å². The highest BCUT2D eigenvalue weighted by Gasteiger charge is 2.13. The standard InChI is InChI=1S/C22H27N5O/c1-3-4-9-19-14-21(25-22(28)24-18-10-5-7-16(2)12-18)27(26-19)20-11-6-8-17(13-20)15-23/h5-8,10-14H,3-4,9,15,23H2,1-2H3,(H2,24,25,28). The molecule has 0 aliphatic rings. The summed E-state index contributed by atoms with van der Waals surface area (Å²) in [5, 5.41) is 10.5.